The molecule has 0 bridgehead atoms. The minimum atomic E-state index is 0.543. The van der Waals surface area contributed by atoms with Gasteiger partial charge in [0.25, 0.3) is 0 Å². The van der Waals surface area contributed by atoms with Gasteiger partial charge in [-0.05, 0) is 38.1 Å². The van der Waals surface area contributed by atoms with Crippen molar-refractivity contribution in [3.8, 4) is 11.4 Å². The van der Waals surface area contributed by atoms with E-state index in [9.17, 15) is 0 Å². The van der Waals surface area contributed by atoms with Gasteiger partial charge in [0.2, 0.25) is 0 Å². The predicted molar refractivity (Wildman–Crippen MR) is 65.4 cm³/mol. The Labute approximate surface area is 98.5 Å². The molecule has 2 aromatic rings. The maximum Gasteiger partial charge on any atom is 0.186 e. The molecule has 4 heteroatoms. The van der Waals surface area contributed by atoms with Crippen LogP contribution in [-0.2, 0) is 0 Å². The SMILES string of the molecule is CCOc1ccc(-n2c(C)csc2=N)cc1. The van der Waals surface area contributed by atoms with E-state index in [0.717, 1.165) is 17.1 Å². The lowest BCUT2D eigenvalue weighted by atomic mass is 10.3. The van der Waals surface area contributed by atoms with Gasteiger partial charge in [-0.1, -0.05) is 0 Å². The van der Waals surface area contributed by atoms with Crippen molar-refractivity contribution >= 4 is 11.3 Å². The van der Waals surface area contributed by atoms with Crippen molar-refractivity contribution in [3.05, 3.63) is 40.1 Å². The van der Waals surface area contributed by atoms with Gasteiger partial charge in [-0.25, -0.2) is 0 Å². The Morgan fingerprint density at radius 2 is 2.00 bits per heavy atom. The second-order valence-electron chi connectivity index (χ2n) is 3.44. The molecule has 0 radical (unpaired) electrons. The summed E-state index contributed by atoms with van der Waals surface area (Å²) < 4.78 is 7.30. The number of rotatable bonds is 3. The molecular formula is C12H14N2OS. The van der Waals surface area contributed by atoms with Gasteiger partial charge in [0, 0.05) is 16.8 Å². The molecule has 0 amide bonds. The van der Waals surface area contributed by atoms with Gasteiger partial charge < -0.3 is 4.74 Å². The third-order valence-electron chi connectivity index (χ3n) is 2.30. The van der Waals surface area contributed by atoms with Crippen LogP contribution in [0.1, 0.15) is 12.6 Å². The van der Waals surface area contributed by atoms with E-state index in [1.807, 2.05) is 48.1 Å². The van der Waals surface area contributed by atoms with Crippen LogP contribution in [0, 0.1) is 12.3 Å². The molecule has 0 aliphatic rings. The summed E-state index contributed by atoms with van der Waals surface area (Å²) in [4.78, 5) is 0.543. The van der Waals surface area contributed by atoms with Crippen molar-refractivity contribution in [1.82, 2.24) is 4.57 Å². The lowest BCUT2D eigenvalue weighted by Gasteiger charge is -2.07. The zero-order valence-electron chi connectivity index (χ0n) is 9.36. The molecule has 1 N–H and O–H groups in total. The van der Waals surface area contributed by atoms with E-state index in [4.69, 9.17) is 10.1 Å². The summed E-state index contributed by atoms with van der Waals surface area (Å²) in [5, 5.41) is 9.80. The Bertz CT molecular complexity index is 525. The largest absolute Gasteiger partial charge is 0.494 e. The van der Waals surface area contributed by atoms with Gasteiger partial charge in [0.1, 0.15) is 5.75 Å². The molecule has 3 nitrogen and oxygen atoms in total. The molecule has 0 saturated heterocycles. The normalized spacial score (nSPS) is 10.4. The summed E-state index contributed by atoms with van der Waals surface area (Å²) in [5.41, 5.74) is 2.09. The van der Waals surface area contributed by atoms with Crippen LogP contribution in [0.2, 0.25) is 0 Å². The van der Waals surface area contributed by atoms with Crippen LogP contribution in [0.25, 0.3) is 5.69 Å². The fraction of sp³-hybridized carbons (Fsp3) is 0.250. The Kier molecular flexibility index (Phi) is 3.10. The summed E-state index contributed by atoms with van der Waals surface area (Å²) in [6.45, 7) is 4.65. The highest BCUT2D eigenvalue weighted by molar-refractivity contribution is 7.07. The summed E-state index contributed by atoms with van der Waals surface area (Å²) >= 11 is 1.44. The van der Waals surface area contributed by atoms with E-state index in [1.165, 1.54) is 11.3 Å². The average molecular weight is 234 g/mol. The zero-order chi connectivity index (χ0) is 11.5. The number of nitrogens with zero attached hydrogens (tertiary/aromatic N) is 1. The molecule has 0 spiro atoms. The Morgan fingerprint density at radius 3 is 2.50 bits per heavy atom. The zero-order valence-corrected chi connectivity index (χ0v) is 10.2. The number of aromatic nitrogens is 1. The monoisotopic (exact) mass is 234 g/mol. The molecule has 1 heterocycles. The topological polar surface area (TPSA) is 38.0 Å². The van der Waals surface area contributed by atoms with Crippen LogP contribution < -0.4 is 9.54 Å². The van der Waals surface area contributed by atoms with E-state index in [1.54, 1.807) is 0 Å². The summed E-state index contributed by atoms with van der Waals surface area (Å²) in [6.07, 6.45) is 0. The highest BCUT2D eigenvalue weighted by atomic mass is 32.1. The Hall–Kier alpha value is -1.55. The second kappa shape index (κ2) is 4.53. The van der Waals surface area contributed by atoms with Gasteiger partial charge in [0.15, 0.2) is 4.80 Å². The lowest BCUT2D eigenvalue weighted by molar-refractivity contribution is 0.340. The van der Waals surface area contributed by atoms with E-state index >= 15 is 0 Å². The van der Waals surface area contributed by atoms with Crippen LogP contribution in [0.3, 0.4) is 0 Å². The molecule has 0 saturated carbocycles. The molecule has 0 aliphatic heterocycles. The first-order valence-electron chi connectivity index (χ1n) is 5.17. The van der Waals surface area contributed by atoms with Gasteiger partial charge in [-0.2, -0.15) is 0 Å². The highest BCUT2D eigenvalue weighted by Gasteiger charge is 2.02. The molecule has 2 rings (SSSR count). The number of hydrogen-bond acceptors (Lipinski definition) is 3. The number of aryl methyl sites for hydroxylation is 1. The molecule has 0 atom stereocenters. The van der Waals surface area contributed by atoms with E-state index in [-0.39, 0.29) is 0 Å². The van der Waals surface area contributed by atoms with Gasteiger partial charge in [-0.15, -0.1) is 11.3 Å². The standard InChI is InChI=1S/C12H14N2OS/c1-3-15-11-6-4-10(5-7-11)14-9(2)8-16-12(14)13/h4-8,13H,3H2,1-2H3. The molecule has 0 fully saturated rings. The Morgan fingerprint density at radius 1 is 1.31 bits per heavy atom. The fourth-order valence-corrected chi connectivity index (χ4v) is 2.33. The van der Waals surface area contributed by atoms with Gasteiger partial charge >= 0.3 is 0 Å². The van der Waals surface area contributed by atoms with E-state index < -0.39 is 0 Å². The van der Waals surface area contributed by atoms with E-state index in [2.05, 4.69) is 0 Å². The van der Waals surface area contributed by atoms with Crippen molar-refractivity contribution in [2.45, 2.75) is 13.8 Å². The van der Waals surface area contributed by atoms with E-state index in [0.29, 0.717) is 11.4 Å². The third kappa shape index (κ3) is 2.02. The lowest BCUT2D eigenvalue weighted by Crippen LogP contribution is -2.11. The van der Waals surface area contributed by atoms with Gasteiger partial charge in [0.05, 0.1) is 6.61 Å². The highest BCUT2D eigenvalue weighted by Crippen LogP contribution is 2.16. The average Bonchev–Trinajstić information content (AvgIpc) is 2.61. The first-order chi connectivity index (χ1) is 7.72. The van der Waals surface area contributed by atoms with Crippen LogP contribution in [0.15, 0.2) is 29.6 Å². The molecular weight excluding hydrogens is 220 g/mol. The second-order valence-corrected chi connectivity index (χ2v) is 4.30. The number of hydrogen-bond donors (Lipinski definition) is 1. The number of ether oxygens (including phenoxy) is 1. The minimum Gasteiger partial charge on any atom is -0.494 e. The maximum atomic E-state index is 7.81. The van der Waals surface area contributed by atoms with Crippen molar-refractivity contribution in [3.63, 3.8) is 0 Å². The maximum absolute atomic E-state index is 7.81. The minimum absolute atomic E-state index is 0.543. The van der Waals surface area contributed by atoms with Crippen molar-refractivity contribution < 1.29 is 4.74 Å². The molecule has 84 valence electrons. The van der Waals surface area contributed by atoms with Crippen LogP contribution in [0.5, 0.6) is 5.75 Å². The smallest absolute Gasteiger partial charge is 0.186 e. The number of nitrogens with one attached hydrogen (secondary N) is 1. The van der Waals surface area contributed by atoms with Crippen LogP contribution in [-0.4, -0.2) is 11.2 Å². The van der Waals surface area contributed by atoms with Crippen LogP contribution in [0.4, 0.5) is 0 Å². The molecule has 1 aromatic heterocycles. The van der Waals surface area contributed by atoms with Crippen molar-refractivity contribution in [2.75, 3.05) is 6.61 Å². The first-order valence-corrected chi connectivity index (χ1v) is 6.05. The number of thiazole rings is 1. The quantitative estimate of drug-likeness (QED) is 0.871. The predicted octanol–water partition coefficient (Wildman–Crippen LogP) is 2.73. The summed E-state index contributed by atoms with van der Waals surface area (Å²) in [5.74, 6) is 0.867. The number of benzene rings is 1. The molecule has 0 aliphatic carbocycles. The summed E-state index contributed by atoms with van der Waals surface area (Å²) in [6, 6.07) is 7.82. The molecule has 1 aromatic carbocycles. The van der Waals surface area contributed by atoms with Crippen LogP contribution >= 0.6 is 11.3 Å². The van der Waals surface area contributed by atoms with Crippen molar-refractivity contribution in [2.24, 2.45) is 0 Å². The third-order valence-corrected chi connectivity index (χ3v) is 3.17. The first kappa shape index (κ1) is 11.0. The summed E-state index contributed by atoms with van der Waals surface area (Å²) in [7, 11) is 0. The fourth-order valence-electron chi connectivity index (χ4n) is 1.59. The molecule has 16 heavy (non-hydrogen) atoms. The van der Waals surface area contributed by atoms with Crippen molar-refractivity contribution in [1.29, 1.82) is 5.41 Å². The Balaban J connectivity index is 2.39. The van der Waals surface area contributed by atoms with Gasteiger partial charge in [-0.3, -0.25) is 9.98 Å². The molecule has 0 unspecified atom stereocenters.